The van der Waals surface area contributed by atoms with Gasteiger partial charge < -0.3 is 15.0 Å². The lowest BCUT2D eigenvalue weighted by molar-refractivity contribution is -0.00330. The largest absolute Gasteiger partial charge is 0.747 e. The molecule has 7 heteroatoms. The zero-order valence-corrected chi connectivity index (χ0v) is 10.4. The number of likely N-dealkylation sites (tertiary alicyclic amines) is 1. The van der Waals surface area contributed by atoms with Gasteiger partial charge in [0.1, 0.15) is 15.5 Å². The second-order valence-electron chi connectivity index (χ2n) is 4.20. The van der Waals surface area contributed by atoms with Crippen LogP contribution in [0, 0.1) is 0 Å². The maximum Gasteiger partial charge on any atom is 0.111 e. The smallest absolute Gasteiger partial charge is 0.111 e. The predicted molar refractivity (Wildman–Crippen MR) is 58.7 cm³/mol. The molecule has 3 atom stereocenters. The number of nitrogens with two attached hydrogens (primary N) is 1. The van der Waals surface area contributed by atoms with Gasteiger partial charge in [0, 0.05) is 19.1 Å². The molecule has 1 rings (SSSR count). The van der Waals surface area contributed by atoms with Crippen LogP contribution in [-0.2, 0) is 14.9 Å². The highest BCUT2D eigenvalue weighted by molar-refractivity contribution is 7.86. The Bertz CT molecular complexity index is 319. The Morgan fingerprint density at radius 1 is 1.56 bits per heavy atom. The molecule has 0 amide bonds. The lowest BCUT2D eigenvalue weighted by Gasteiger charge is -2.45. The minimum absolute atomic E-state index is 0.0500. The summed E-state index contributed by atoms with van der Waals surface area (Å²) in [5, 5.41) is -0.876. The van der Waals surface area contributed by atoms with Crippen LogP contribution in [0.5, 0.6) is 0 Å². The molecule has 1 fully saturated rings. The molecule has 0 aromatic heterocycles. The third kappa shape index (κ3) is 3.39. The zero-order chi connectivity index (χ0) is 12.3. The van der Waals surface area contributed by atoms with Gasteiger partial charge in [-0.25, -0.2) is 8.42 Å². The number of hydrogen-bond donors (Lipinski definition) is 1. The molecule has 2 N–H and O–H groups in total. The molecular formula is C9H19N2O4S-. The van der Waals surface area contributed by atoms with Gasteiger partial charge in [0.05, 0.1) is 12.7 Å². The summed E-state index contributed by atoms with van der Waals surface area (Å²) in [5.41, 5.74) is 5.39. The predicted octanol–water partition coefficient (Wildman–Crippen LogP) is -0.684. The first-order valence-corrected chi connectivity index (χ1v) is 6.85. The van der Waals surface area contributed by atoms with E-state index in [1.165, 1.54) is 0 Å². The minimum atomic E-state index is -4.21. The number of nitrogens with zero attached hydrogens (tertiary/aromatic N) is 1. The van der Waals surface area contributed by atoms with Gasteiger partial charge in [-0.1, -0.05) is 0 Å². The molecule has 0 aromatic rings. The lowest BCUT2D eigenvalue weighted by atomic mass is 10.1. The Balaban J connectivity index is 2.41. The Labute approximate surface area is 96.5 Å². The molecule has 1 aliphatic rings. The van der Waals surface area contributed by atoms with Gasteiger partial charge in [0.25, 0.3) is 0 Å². The highest BCUT2D eigenvalue weighted by Gasteiger charge is 2.36. The summed E-state index contributed by atoms with van der Waals surface area (Å²) in [6.45, 7) is 5.15. The van der Waals surface area contributed by atoms with Crippen molar-refractivity contribution in [2.45, 2.75) is 37.8 Å². The first-order chi connectivity index (χ1) is 7.36. The summed E-state index contributed by atoms with van der Waals surface area (Å²) in [5.74, 6) is 0. The highest BCUT2D eigenvalue weighted by Crippen LogP contribution is 2.24. The summed E-state index contributed by atoms with van der Waals surface area (Å²) in [6, 6.07) is -0.0727. The summed E-state index contributed by atoms with van der Waals surface area (Å²) >= 11 is 0. The molecule has 1 aliphatic heterocycles. The highest BCUT2D eigenvalue weighted by atomic mass is 32.2. The van der Waals surface area contributed by atoms with Crippen LogP contribution < -0.4 is 5.73 Å². The summed E-state index contributed by atoms with van der Waals surface area (Å²) < 4.78 is 38.0. The van der Waals surface area contributed by atoms with Gasteiger partial charge in [-0.3, -0.25) is 4.90 Å². The second kappa shape index (κ2) is 5.42. The van der Waals surface area contributed by atoms with Crippen molar-refractivity contribution in [3.63, 3.8) is 0 Å². The standard InChI is InChI=1S/C9H20N2O4S/c1-7(6-15-8(2)5-10)11-4-3-9(11)16(12,13)14/h7-9H,3-6,10H2,1-2H3,(H,12,13,14)/p-1. The number of rotatable bonds is 6. The average Bonchev–Trinajstić information content (AvgIpc) is 2.09. The minimum Gasteiger partial charge on any atom is -0.747 e. The average molecular weight is 251 g/mol. The van der Waals surface area contributed by atoms with E-state index in [1.807, 2.05) is 13.8 Å². The van der Waals surface area contributed by atoms with E-state index in [9.17, 15) is 13.0 Å². The fourth-order valence-electron chi connectivity index (χ4n) is 1.67. The molecule has 6 nitrogen and oxygen atoms in total. The van der Waals surface area contributed by atoms with Crippen molar-refractivity contribution in [3.05, 3.63) is 0 Å². The molecule has 0 saturated carbocycles. The first-order valence-electron chi connectivity index (χ1n) is 5.38. The van der Waals surface area contributed by atoms with Crippen LogP contribution >= 0.6 is 0 Å². The molecule has 0 spiro atoms. The molecule has 0 bridgehead atoms. The van der Waals surface area contributed by atoms with Crippen molar-refractivity contribution in [1.82, 2.24) is 4.90 Å². The van der Waals surface area contributed by atoms with Crippen LogP contribution in [0.25, 0.3) is 0 Å². The van der Waals surface area contributed by atoms with Gasteiger partial charge in [0.2, 0.25) is 0 Å². The SMILES string of the molecule is CC(CN)OCC(C)N1CCC1S(=O)(=O)[O-]. The van der Waals surface area contributed by atoms with Crippen LogP contribution in [0.2, 0.25) is 0 Å². The molecule has 3 unspecified atom stereocenters. The molecule has 0 aliphatic carbocycles. The number of hydrogen-bond acceptors (Lipinski definition) is 6. The fourth-order valence-corrected chi connectivity index (χ4v) is 2.70. The molecule has 1 heterocycles. The first kappa shape index (κ1) is 13.9. The van der Waals surface area contributed by atoms with Crippen molar-refractivity contribution >= 4 is 10.1 Å². The van der Waals surface area contributed by atoms with Gasteiger partial charge in [0.15, 0.2) is 0 Å². The monoisotopic (exact) mass is 251 g/mol. The quantitative estimate of drug-likeness (QED) is 0.628. The third-order valence-corrected chi connectivity index (χ3v) is 4.03. The van der Waals surface area contributed by atoms with E-state index in [1.54, 1.807) is 4.90 Å². The van der Waals surface area contributed by atoms with Crippen LogP contribution in [0.3, 0.4) is 0 Å². The normalized spacial score (nSPS) is 26.1. The van der Waals surface area contributed by atoms with E-state index in [0.717, 1.165) is 0 Å². The fraction of sp³-hybridized carbons (Fsp3) is 1.00. The van der Waals surface area contributed by atoms with E-state index in [0.29, 0.717) is 26.1 Å². The van der Waals surface area contributed by atoms with Crippen LogP contribution in [0.15, 0.2) is 0 Å². The summed E-state index contributed by atoms with van der Waals surface area (Å²) in [6.07, 6.45) is 0.369. The maximum atomic E-state index is 10.9. The van der Waals surface area contributed by atoms with Gasteiger partial charge in [-0.05, 0) is 20.3 Å². The molecule has 1 saturated heterocycles. The Kier molecular flexibility index (Phi) is 4.69. The Morgan fingerprint density at radius 2 is 2.19 bits per heavy atom. The van der Waals surface area contributed by atoms with Crippen molar-refractivity contribution in [2.75, 3.05) is 19.7 Å². The molecule has 0 aromatic carbocycles. The van der Waals surface area contributed by atoms with Crippen LogP contribution in [0.4, 0.5) is 0 Å². The third-order valence-electron chi connectivity index (χ3n) is 2.86. The van der Waals surface area contributed by atoms with E-state index < -0.39 is 15.5 Å². The zero-order valence-electron chi connectivity index (χ0n) is 9.63. The molecule has 96 valence electrons. The van der Waals surface area contributed by atoms with Crippen molar-refractivity contribution in [1.29, 1.82) is 0 Å². The topological polar surface area (TPSA) is 95.7 Å². The van der Waals surface area contributed by atoms with Crippen LogP contribution in [-0.4, -0.2) is 55.1 Å². The van der Waals surface area contributed by atoms with Gasteiger partial charge in [-0.15, -0.1) is 0 Å². The van der Waals surface area contributed by atoms with Crippen molar-refractivity contribution in [2.24, 2.45) is 5.73 Å². The van der Waals surface area contributed by atoms with E-state index in [2.05, 4.69) is 0 Å². The number of ether oxygens (including phenoxy) is 1. The van der Waals surface area contributed by atoms with E-state index in [-0.39, 0.29) is 12.1 Å². The van der Waals surface area contributed by atoms with Gasteiger partial charge >= 0.3 is 0 Å². The molecule has 0 radical (unpaired) electrons. The van der Waals surface area contributed by atoms with E-state index >= 15 is 0 Å². The Morgan fingerprint density at radius 3 is 2.56 bits per heavy atom. The lowest BCUT2D eigenvalue weighted by Crippen LogP contribution is -2.57. The Hall–Kier alpha value is -0.210. The van der Waals surface area contributed by atoms with Crippen LogP contribution in [0.1, 0.15) is 20.3 Å². The van der Waals surface area contributed by atoms with Crippen molar-refractivity contribution < 1.29 is 17.7 Å². The van der Waals surface area contributed by atoms with Crippen molar-refractivity contribution in [3.8, 4) is 0 Å². The molecular weight excluding hydrogens is 232 g/mol. The van der Waals surface area contributed by atoms with E-state index in [4.69, 9.17) is 10.5 Å². The second-order valence-corrected chi connectivity index (χ2v) is 5.73. The maximum absolute atomic E-state index is 10.9. The van der Waals surface area contributed by atoms with Gasteiger partial charge in [-0.2, -0.15) is 0 Å². The summed E-state index contributed by atoms with van der Waals surface area (Å²) in [7, 11) is -4.21. The molecule has 16 heavy (non-hydrogen) atoms. The summed E-state index contributed by atoms with van der Waals surface area (Å²) in [4.78, 5) is 1.66.